The van der Waals surface area contributed by atoms with Crippen molar-refractivity contribution in [1.29, 1.82) is 0 Å². The molecule has 2 rings (SSSR count). The number of likely N-dealkylation sites (tertiary alicyclic amines) is 1. The van der Waals surface area contributed by atoms with Gasteiger partial charge in [0, 0.05) is 18.8 Å². The van der Waals surface area contributed by atoms with E-state index in [1.54, 1.807) is 37.8 Å². The molecule has 0 aliphatic carbocycles. The minimum atomic E-state index is -0.901. The molecule has 1 heterocycles. The first-order valence-corrected chi connectivity index (χ1v) is 9.32. The molecule has 1 aliphatic heterocycles. The van der Waals surface area contributed by atoms with Crippen molar-refractivity contribution in [3.8, 4) is 0 Å². The predicted octanol–water partition coefficient (Wildman–Crippen LogP) is 2.99. The zero-order chi connectivity index (χ0) is 21.1. The van der Waals surface area contributed by atoms with Gasteiger partial charge in [-0.3, -0.25) is 4.79 Å². The predicted molar refractivity (Wildman–Crippen MR) is 105 cm³/mol. The molecule has 0 radical (unpaired) electrons. The van der Waals surface area contributed by atoms with Crippen LogP contribution in [0.15, 0.2) is 18.2 Å². The number of nitrogens with two attached hydrogens (primary N) is 1. The number of rotatable bonds is 5. The molecule has 2 atom stereocenters. The summed E-state index contributed by atoms with van der Waals surface area (Å²) < 4.78 is 5.38. The van der Waals surface area contributed by atoms with Crippen LogP contribution >= 0.6 is 0 Å². The van der Waals surface area contributed by atoms with Crippen LogP contribution in [0, 0.1) is 18.8 Å². The van der Waals surface area contributed by atoms with Crippen molar-refractivity contribution in [3.63, 3.8) is 0 Å². The number of primary amides is 1. The topological polar surface area (TPSA) is 122 Å². The zero-order valence-electron chi connectivity index (χ0n) is 16.8. The number of carboxylic acid groups (broad SMARTS) is 1. The summed E-state index contributed by atoms with van der Waals surface area (Å²) in [5.41, 5.74) is 6.81. The zero-order valence-corrected chi connectivity index (χ0v) is 16.8. The summed E-state index contributed by atoms with van der Waals surface area (Å²) >= 11 is 0. The summed E-state index contributed by atoms with van der Waals surface area (Å²) in [6, 6.07) is 4.72. The molecule has 0 aromatic heterocycles. The average Bonchev–Trinajstić information content (AvgIpc) is 2.99. The number of carbonyl (C=O) groups is 3. The molecular formula is C20H29N3O5. The van der Waals surface area contributed by atoms with Crippen molar-refractivity contribution in [2.45, 2.75) is 46.1 Å². The summed E-state index contributed by atoms with van der Waals surface area (Å²) in [4.78, 5) is 36.8. The molecule has 28 heavy (non-hydrogen) atoms. The van der Waals surface area contributed by atoms with E-state index in [0.717, 1.165) is 11.1 Å². The molecule has 0 saturated carbocycles. The normalized spacial score (nSPS) is 17.9. The molecule has 0 unspecified atom stereocenters. The minimum absolute atomic E-state index is 0.168. The summed E-state index contributed by atoms with van der Waals surface area (Å²) in [5, 5.41) is 12.3. The highest BCUT2D eigenvalue weighted by molar-refractivity contribution is 5.88. The van der Waals surface area contributed by atoms with Crippen LogP contribution in [0.25, 0.3) is 0 Å². The van der Waals surface area contributed by atoms with Crippen LogP contribution in [0.3, 0.4) is 0 Å². The number of urea groups is 1. The van der Waals surface area contributed by atoms with E-state index < -0.39 is 29.6 Å². The Morgan fingerprint density at radius 1 is 1.32 bits per heavy atom. The lowest BCUT2D eigenvalue weighted by Crippen LogP contribution is -2.36. The van der Waals surface area contributed by atoms with E-state index in [4.69, 9.17) is 10.5 Å². The Balaban J connectivity index is 2.10. The first-order valence-electron chi connectivity index (χ1n) is 9.32. The van der Waals surface area contributed by atoms with E-state index in [1.165, 1.54) is 0 Å². The van der Waals surface area contributed by atoms with Gasteiger partial charge >= 0.3 is 18.1 Å². The van der Waals surface area contributed by atoms with Crippen LogP contribution < -0.4 is 11.1 Å². The van der Waals surface area contributed by atoms with Gasteiger partial charge in [-0.2, -0.15) is 0 Å². The number of benzene rings is 1. The Labute approximate surface area is 165 Å². The number of ether oxygens (including phenoxy) is 1. The van der Waals surface area contributed by atoms with E-state index >= 15 is 0 Å². The number of amides is 3. The first kappa shape index (κ1) is 21.5. The van der Waals surface area contributed by atoms with Crippen molar-refractivity contribution >= 4 is 23.8 Å². The van der Waals surface area contributed by atoms with Gasteiger partial charge in [-0.1, -0.05) is 6.07 Å². The van der Waals surface area contributed by atoms with E-state index in [-0.39, 0.29) is 5.92 Å². The van der Waals surface area contributed by atoms with Gasteiger partial charge in [0.1, 0.15) is 5.60 Å². The highest BCUT2D eigenvalue weighted by atomic mass is 16.6. The standard InChI is InChI=1S/C20H29N3O5/c1-12-7-13(9-15(8-12)22-18(21)26)10-16(17(24)25)14-5-6-23(11-14)19(27)28-20(2,3)4/h7-9,14,16H,5-6,10-11H2,1-4H3,(H,24,25)(H3,21,22,26)/t14-,16-/m0/s1. The fraction of sp³-hybridized carbons (Fsp3) is 0.550. The monoisotopic (exact) mass is 391 g/mol. The summed E-state index contributed by atoms with van der Waals surface area (Å²) in [7, 11) is 0. The second-order valence-electron chi connectivity index (χ2n) is 8.32. The van der Waals surface area contributed by atoms with Gasteiger partial charge < -0.3 is 25.8 Å². The van der Waals surface area contributed by atoms with Gasteiger partial charge in [0.25, 0.3) is 0 Å². The highest BCUT2D eigenvalue weighted by Crippen LogP contribution is 2.29. The Morgan fingerprint density at radius 2 is 2.00 bits per heavy atom. The second kappa shape index (κ2) is 8.50. The number of nitrogens with one attached hydrogen (secondary N) is 1. The lowest BCUT2D eigenvalue weighted by Gasteiger charge is -2.25. The molecule has 154 valence electrons. The molecule has 1 fully saturated rings. The first-order chi connectivity index (χ1) is 12.9. The lowest BCUT2D eigenvalue weighted by molar-refractivity contribution is -0.143. The Kier molecular flexibility index (Phi) is 6.53. The molecule has 8 nitrogen and oxygen atoms in total. The van der Waals surface area contributed by atoms with Crippen molar-refractivity contribution in [3.05, 3.63) is 29.3 Å². The highest BCUT2D eigenvalue weighted by Gasteiger charge is 2.37. The van der Waals surface area contributed by atoms with Crippen molar-refractivity contribution < 1.29 is 24.2 Å². The Hall–Kier alpha value is -2.77. The quantitative estimate of drug-likeness (QED) is 0.712. The molecule has 1 aliphatic rings. The largest absolute Gasteiger partial charge is 0.481 e. The number of hydrogen-bond donors (Lipinski definition) is 3. The number of aryl methyl sites for hydroxylation is 1. The van der Waals surface area contributed by atoms with Crippen LogP contribution in [0.4, 0.5) is 15.3 Å². The SMILES string of the molecule is Cc1cc(C[C@H](C(=O)O)[C@H]2CCN(C(=O)OC(C)(C)C)C2)cc(NC(N)=O)c1. The summed E-state index contributed by atoms with van der Waals surface area (Å²) in [6.07, 6.45) is 0.494. The molecule has 1 aromatic carbocycles. The molecular weight excluding hydrogens is 362 g/mol. The molecule has 8 heteroatoms. The maximum absolute atomic E-state index is 12.3. The minimum Gasteiger partial charge on any atom is -0.481 e. The Bertz CT molecular complexity index is 757. The van der Waals surface area contributed by atoms with Crippen molar-refractivity contribution in [1.82, 2.24) is 4.90 Å². The van der Waals surface area contributed by atoms with Crippen LogP contribution in [0.1, 0.15) is 38.3 Å². The van der Waals surface area contributed by atoms with Crippen molar-refractivity contribution in [2.75, 3.05) is 18.4 Å². The van der Waals surface area contributed by atoms with Gasteiger partial charge in [-0.25, -0.2) is 9.59 Å². The van der Waals surface area contributed by atoms with Gasteiger partial charge in [0.2, 0.25) is 0 Å². The molecule has 1 aromatic rings. The van der Waals surface area contributed by atoms with E-state index in [9.17, 15) is 19.5 Å². The second-order valence-corrected chi connectivity index (χ2v) is 8.32. The summed E-state index contributed by atoms with van der Waals surface area (Å²) in [5.74, 6) is -1.71. The number of carboxylic acids is 1. The number of anilines is 1. The maximum atomic E-state index is 12.3. The fourth-order valence-electron chi connectivity index (χ4n) is 3.51. The van der Waals surface area contributed by atoms with E-state index in [1.807, 2.05) is 13.0 Å². The van der Waals surface area contributed by atoms with Gasteiger partial charge in [-0.05, 0) is 69.7 Å². The third-order valence-corrected chi connectivity index (χ3v) is 4.62. The fourth-order valence-corrected chi connectivity index (χ4v) is 3.51. The summed E-state index contributed by atoms with van der Waals surface area (Å²) in [6.45, 7) is 8.09. The Morgan fingerprint density at radius 3 is 2.57 bits per heavy atom. The molecule has 0 spiro atoms. The molecule has 1 saturated heterocycles. The van der Waals surface area contributed by atoms with E-state index in [0.29, 0.717) is 31.6 Å². The molecule has 4 N–H and O–H groups in total. The number of carbonyl (C=O) groups excluding carboxylic acids is 2. The van der Waals surface area contributed by atoms with Crippen LogP contribution in [0.2, 0.25) is 0 Å². The maximum Gasteiger partial charge on any atom is 0.410 e. The molecule has 3 amide bonds. The number of hydrogen-bond acceptors (Lipinski definition) is 4. The van der Waals surface area contributed by atoms with Crippen LogP contribution in [-0.4, -0.2) is 46.8 Å². The average molecular weight is 391 g/mol. The third kappa shape index (κ3) is 6.14. The van der Waals surface area contributed by atoms with Gasteiger partial charge in [-0.15, -0.1) is 0 Å². The lowest BCUT2D eigenvalue weighted by atomic mass is 9.86. The van der Waals surface area contributed by atoms with Gasteiger partial charge in [0.15, 0.2) is 0 Å². The van der Waals surface area contributed by atoms with Crippen LogP contribution in [-0.2, 0) is 16.0 Å². The van der Waals surface area contributed by atoms with Crippen molar-refractivity contribution in [2.24, 2.45) is 17.6 Å². The number of nitrogens with zero attached hydrogens (tertiary/aromatic N) is 1. The van der Waals surface area contributed by atoms with E-state index in [2.05, 4.69) is 5.32 Å². The molecule has 0 bridgehead atoms. The number of aliphatic carboxylic acids is 1. The van der Waals surface area contributed by atoms with Gasteiger partial charge in [0.05, 0.1) is 5.92 Å². The smallest absolute Gasteiger partial charge is 0.410 e. The third-order valence-electron chi connectivity index (χ3n) is 4.62. The van der Waals surface area contributed by atoms with Crippen LogP contribution in [0.5, 0.6) is 0 Å².